The van der Waals surface area contributed by atoms with Crippen LogP contribution in [0.1, 0.15) is 17.0 Å². The van der Waals surface area contributed by atoms with E-state index in [2.05, 4.69) is 15.3 Å². The quantitative estimate of drug-likeness (QED) is 0.661. The lowest BCUT2D eigenvalue weighted by Crippen LogP contribution is -2.27. The highest BCUT2D eigenvalue weighted by atomic mass is 16.5. The number of nitrogens with two attached hydrogens (primary N) is 1. The number of rotatable bonds is 3. The van der Waals surface area contributed by atoms with Crippen LogP contribution in [0.5, 0.6) is 5.75 Å². The Morgan fingerprint density at radius 3 is 2.65 bits per heavy atom. The number of nitrogens with one attached hydrogen (secondary N) is 2. The maximum atomic E-state index is 12.3. The third-order valence-corrected chi connectivity index (χ3v) is 3.58. The molecule has 0 fully saturated rings. The van der Waals surface area contributed by atoms with Crippen LogP contribution in [0.2, 0.25) is 0 Å². The summed E-state index contributed by atoms with van der Waals surface area (Å²) in [6, 6.07) is 7.02. The average molecular weight is 314 g/mol. The zero-order chi connectivity index (χ0) is 16.6. The standard InChI is InChI=1S/C15H14N4O4/c1-23-8-4-2-7(3-5-8)9-6-10(14(21)22)17-12-11(9)13(20)19-15(16)18-12/h2-6,9H,1H3,(H,21,22)(H4,16,17,18,19,20). The number of H-pyrrole nitrogens is 1. The molecule has 5 N–H and O–H groups in total. The lowest BCUT2D eigenvalue weighted by atomic mass is 9.89. The van der Waals surface area contributed by atoms with Gasteiger partial charge in [0.1, 0.15) is 17.3 Å². The number of carboxylic acid groups (broad SMARTS) is 1. The molecule has 1 aliphatic heterocycles. The van der Waals surface area contributed by atoms with E-state index >= 15 is 0 Å². The van der Waals surface area contributed by atoms with Crippen LogP contribution in [0.25, 0.3) is 0 Å². The highest BCUT2D eigenvalue weighted by molar-refractivity contribution is 5.91. The minimum Gasteiger partial charge on any atom is -0.497 e. The van der Waals surface area contributed by atoms with Crippen LogP contribution in [0, 0.1) is 0 Å². The number of allylic oxidation sites excluding steroid dienone is 1. The van der Waals surface area contributed by atoms with Crippen molar-refractivity contribution in [2.75, 3.05) is 18.2 Å². The number of anilines is 2. The van der Waals surface area contributed by atoms with E-state index in [0.717, 1.165) is 5.56 Å². The van der Waals surface area contributed by atoms with Crippen LogP contribution < -0.4 is 21.3 Å². The molecule has 1 aliphatic rings. The number of nitrogen functional groups attached to an aromatic ring is 1. The zero-order valence-corrected chi connectivity index (χ0v) is 12.2. The van der Waals surface area contributed by atoms with Gasteiger partial charge in [0.25, 0.3) is 5.56 Å². The maximum Gasteiger partial charge on any atom is 0.352 e. The number of carbonyl (C=O) groups is 1. The van der Waals surface area contributed by atoms with Crippen LogP contribution in [-0.4, -0.2) is 28.2 Å². The molecular weight excluding hydrogens is 300 g/mol. The predicted octanol–water partition coefficient (Wildman–Crippen LogP) is 0.887. The van der Waals surface area contributed by atoms with Crippen molar-refractivity contribution >= 4 is 17.7 Å². The average Bonchev–Trinajstić information content (AvgIpc) is 2.53. The first kappa shape index (κ1) is 14.6. The third kappa shape index (κ3) is 2.61. The van der Waals surface area contributed by atoms with Gasteiger partial charge in [-0.15, -0.1) is 0 Å². The smallest absolute Gasteiger partial charge is 0.352 e. The summed E-state index contributed by atoms with van der Waals surface area (Å²) < 4.78 is 5.11. The van der Waals surface area contributed by atoms with Gasteiger partial charge in [-0.2, -0.15) is 4.98 Å². The van der Waals surface area contributed by atoms with Crippen molar-refractivity contribution in [3.8, 4) is 5.75 Å². The summed E-state index contributed by atoms with van der Waals surface area (Å²) >= 11 is 0. The number of aromatic amines is 1. The van der Waals surface area contributed by atoms with E-state index in [1.165, 1.54) is 6.08 Å². The van der Waals surface area contributed by atoms with Gasteiger partial charge in [0.15, 0.2) is 0 Å². The van der Waals surface area contributed by atoms with Crippen LogP contribution >= 0.6 is 0 Å². The third-order valence-electron chi connectivity index (χ3n) is 3.58. The van der Waals surface area contributed by atoms with Gasteiger partial charge in [-0.25, -0.2) is 4.79 Å². The van der Waals surface area contributed by atoms with E-state index in [0.29, 0.717) is 11.3 Å². The van der Waals surface area contributed by atoms with Crippen LogP contribution in [0.4, 0.5) is 11.8 Å². The molecule has 0 saturated heterocycles. The minimum atomic E-state index is -1.14. The zero-order valence-electron chi connectivity index (χ0n) is 12.2. The number of fused-ring (bicyclic) bond motifs is 1. The molecule has 0 spiro atoms. The molecule has 118 valence electrons. The second-order valence-electron chi connectivity index (χ2n) is 4.97. The fourth-order valence-corrected chi connectivity index (χ4v) is 2.50. The molecule has 2 heterocycles. The summed E-state index contributed by atoms with van der Waals surface area (Å²) in [6.07, 6.45) is 1.47. The number of hydrogen-bond donors (Lipinski definition) is 4. The summed E-state index contributed by atoms with van der Waals surface area (Å²) in [5.41, 5.74) is 6.12. The van der Waals surface area contributed by atoms with Crippen molar-refractivity contribution < 1.29 is 14.6 Å². The van der Waals surface area contributed by atoms with Gasteiger partial charge in [0.05, 0.1) is 12.7 Å². The van der Waals surface area contributed by atoms with Crippen molar-refractivity contribution in [1.82, 2.24) is 9.97 Å². The molecule has 1 aromatic carbocycles. The number of methoxy groups -OCH3 is 1. The van der Waals surface area contributed by atoms with E-state index in [9.17, 15) is 14.7 Å². The Labute approximate surface area is 130 Å². The van der Waals surface area contributed by atoms with Gasteiger partial charge in [-0.1, -0.05) is 12.1 Å². The van der Waals surface area contributed by atoms with Gasteiger partial charge in [0, 0.05) is 5.92 Å². The van der Waals surface area contributed by atoms with Crippen LogP contribution in [0.15, 0.2) is 40.8 Å². The lowest BCUT2D eigenvalue weighted by molar-refractivity contribution is -0.132. The Morgan fingerprint density at radius 2 is 2.04 bits per heavy atom. The summed E-state index contributed by atoms with van der Waals surface area (Å²) in [7, 11) is 1.55. The van der Waals surface area contributed by atoms with Crippen molar-refractivity contribution in [2.24, 2.45) is 0 Å². The number of benzene rings is 1. The highest BCUT2D eigenvalue weighted by Gasteiger charge is 2.28. The second-order valence-corrected chi connectivity index (χ2v) is 4.97. The van der Waals surface area contributed by atoms with Crippen molar-refractivity contribution in [2.45, 2.75) is 5.92 Å². The van der Waals surface area contributed by atoms with E-state index in [4.69, 9.17) is 10.5 Å². The highest BCUT2D eigenvalue weighted by Crippen LogP contribution is 2.34. The Kier molecular flexibility index (Phi) is 3.49. The van der Waals surface area contributed by atoms with Crippen LogP contribution in [-0.2, 0) is 4.79 Å². The molecule has 23 heavy (non-hydrogen) atoms. The minimum absolute atomic E-state index is 0.0594. The Bertz CT molecular complexity index is 855. The number of ether oxygens (including phenoxy) is 1. The Hall–Kier alpha value is -3.29. The molecule has 8 heteroatoms. The molecule has 0 aliphatic carbocycles. The first-order valence-electron chi connectivity index (χ1n) is 6.75. The molecule has 2 aromatic rings. The molecule has 1 unspecified atom stereocenters. The van der Waals surface area contributed by atoms with Crippen LogP contribution in [0.3, 0.4) is 0 Å². The van der Waals surface area contributed by atoms with E-state index in [-0.39, 0.29) is 17.5 Å². The van der Waals surface area contributed by atoms with E-state index in [1.807, 2.05) is 0 Å². The first-order chi connectivity index (χ1) is 11.0. The monoisotopic (exact) mass is 314 g/mol. The fraction of sp³-hybridized carbons (Fsp3) is 0.133. The molecule has 3 rings (SSSR count). The van der Waals surface area contributed by atoms with Crippen molar-refractivity contribution in [3.63, 3.8) is 0 Å². The fourth-order valence-electron chi connectivity index (χ4n) is 2.50. The lowest BCUT2D eigenvalue weighted by Gasteiger charge is -2.23. The SMILES string of the molecule is COc1ccc(C2C=C(C(=O)O)Nc3nc(N)[nH]c(=O)c32)cc1. The Balaban J connectivity index is 2.17. The number of aromatic nitrogens is 2. The Morgan fingerprint density at radius 1 is 1.35 bits per heavy atom. The van der Waals surface area contributed by atoms with Gasteiger partial charge < -0.3 is 20.9 Å². The summed E-state index contributed by atoms with van der Waals surface area (Å²) in [5, 5.41) is 11.9. The molecule has 1 aromatic heterocycles. The number of aliphatic carboxylic acids is 1. The van der Waals surface area contributed by atoms with Gasteiger partial charge in [0.2, 0.25) is 5.95 Å². The topological polar surface area (TPSA) is 130 Å². The summed E-state index contributed by atoms with van der Waals surface area (Å²) in [4.78, 5) is 30.0. The molecule has 0 bridgehead atoms. The summed E-state index contributed by atoms with van der Waals surface area (Å²) in [6.45, 7) is 0. The predicted molar refractivity (Wildman–Crippen MR) is 83.4 cm³/mol. The molecular formula is C15H14N4O4. The van der Waals surface area contributed by atoms with E-state index < -0.39 is 17.4 Å². The van der Waals surface area contributed by atoms with Gasteiger partial charge in [-0.3, -0.25) is 9.78 Å². The number of hydrogen-bond acceptors (Lipinski definition) is 6. The number of nitrogens with zero attached hydrogens (tertiary/aromatic N) is 1. The van der Waals surface area contributed by atoms with E-state index in [1.54, 1.807) is 31.4 Å². The maximum absolute atomic E-state index is 12.3. The van der Waals surface area contributed by atoms with Gasteiger partial charge >= 0.3 is 5.97 Å². The molecule has 0 amide bonds. The van der Waals surface area contributed by atoms with Gasteiger partial charge in [-0.05, 0) is 23.8 Å². The normalized spacial score (nSPS) is 16.0. The molecule has 0 radical (unpaired) electrons. The number of carboxylic acids is 1. The molecule has 0 saturated carbocycles. The largest absolute Gasteiger partial charge is 0.497 e. The summed E-state index contributed by atoms with van der Waals surface area (Å²) in [5.74, 6) is -0.974. The van der Waals surface area contributed by atoms with Crippen molar-refractivity contribution in [1.29, 1.82) is 0 Å². The molecule has 1 atom stereocenters. The first-order valence-corrected chi connectivity index (χ1v) is 6.75. The molecule has 8 nitrogen and oxygen atoms in total. The second kappa shape index (κ2) is 5.48. The van der Waals surface area contributed by atoms with Crippen molar-refractivity contribution in [3.05, 3.63) is 57.5 Å².